The minimum Gasteiger partial charge on any atom is -0.462 e. The number of aliphatic hydroxyl groups is 1. The van der Waals surface area contributed by atoms with Crippen LogP contribution in [0.4, 0.5) is 0 Å². The minimum atomic E-state index is -0.0625. The number of hydrogen-bond acceptors (Lipinski definition) is 4. The van der Waals surface area contributed by atoms with Crippen LogP contribution in [0.2, 0.25) is 0 Å². The molecule has 0 saturated carbocycles. The van der Waals surface area contributed by atoms with Gasteiger partial charge >= 0.3 is 0 Å². The molecule has 2 N–H and O–H groups in total. The summed E-state index contributed by atoms with van der Waals surface area (Å²) in [6.45, 7) is 0.448. The van der Waals surface area contributed by atoms with Crippen LogP contribution in [0, 0.1) is 0 Å². The lowest BCUT2D eigenvalue weighted by Gasteiger charge is -1.96. The molecule has 0 spiro atoms. The van der Waals surface area contributed by atoms with Crippen molar-refractivity contribution in [3.8, 4) is 0 Å². The van der Waals surface area contributed by atoms with Gasteiger partial charge in [-0.1, -0.05) is 0 Å². The van der Waals surface area contributed by atoms with Gasteiger partial charge < -0.3 is 14.4 Å². The Morgan fingerprint density at radius 1 is 1.55 bits per heavy atom. The van der Waals surface area contributed by atoms with Gasteiger partial charge in [0.05, 0.1) is 13.7 Å². The Kier molecular flexibility index (Phi) is 3.10. The summed E-state index contributed by atoms with van der Waals surface area (Å²) in [4.78, 5) is 4.62. The van der Waals surface area contributed by atoms with Gasteiger partial charge in [0, 0.05) is 0 Å². The van der Waals surface area contributed by atoms with Gasteiger partial charge in [-0.3, -0.25) is 0 Å². The SMILES string of the molecule is CONCc1ccc(CO)o1. The summed E-state index contributed by atoms with van der Waals surface area (Å²) in [5.41, 5.74) is 2.63. The number of furan rings is 1. The van der Waals surface area contributed by atoms with Crippen molar-refractivity contribution < 1.29 is 14.4 Å². The Bertz CT molecular complexity index is 209. The first-order valence-electron chi connectivity index (χ1n) is 3.31. The molecule has 0 atom stereocenters. The molecule has 0 aliphatic carbocycles. The molecular weight excluding hydrogens is 146 g/mol. The van der Waals surface area contributed by atoms with Crippen molar-refractivity contribution in [3.63, 3.8) is 0 Å². The van der Waals surface area contributed by atoms with Crippen molar-refractivity contribution in [2.24, 2.45) is 0 Å². The van der Waals surface area contributed by atoms with E-state index in [1.807, 2.05) is 0 Å². The summed E-state index contributed by atoms with van der Waals surface area (Å²) in [5, 5.41) is 8.63. The van der Waals surface area contributed by atoms with Crippen molar-refractivity contribution in [2.75, 3.05) is 7.11 Å². The second-order valence-electron chi connectivity index (χ2n) is 2.05. The van der Waals surface area contributed by atoms with E-state index in [2.05, 4.69) is 10.3 Å². The first-order chi connectivity index (χ1) is 5.36. The molecule has 0 unspecified atom stereocenters. The molecule has 0 aliphatic rings. The highest BCUT2D eigenvalue weighted by Gasteiger charge is 1.98. The lowest BCUT2D eigenvalue weighted by Crippen LogP contribution is -2.09. The van der Waals surface area contributed by atoms with Crippen LogP contribution in [0.25, 0.3) is 0 Å². The maximum atomic E-state index is 8.63. The maximum Gasteiger partial charge on any atom is 0.129 e. The molecule has 0 saturated heterocycles. The van der Waals surface area contributed by atoms with Crippen molar-refractivity contribution in [1.82, 2.24) is 5.48 Å². The van der Waals surface area contributed by atoms with Crippen LogP contribution >= 0.6 is 0 Å². The molecule has 0 aliphatic heterocycles. The molecular formula is C7H11NO3. The fourth-order valence-electron chi connectivity index (χ4n) is 0.746. The van der Waals surface area contributed by atoms with Crippen LogP contribution in [-0.2, 0) is 18.0 Å². The Balaban J connectivity index is 2.44. The normalized spacial score (nSPS) is 10.4. The van der Waals surface area contributed by atoms with Gasteiger partial charge in [-0.15, -0.1) is 0 Å². The van der Waals surface area contributed by atoms with Crippen molar-refractivity contribution >= 4 is 0 Å². The zero-order valence-corrected chi connectivity index (χ0v) is 6.33. The van der Waals surface area contributed by atoms with E-state index in [4.69, 9.17) is 9.52 Å². The minimum absolute atomic E-state index is 0.0625. The van der Waals surface area contributed by atoms with E-state index in [1.54, 1.807) is 12.1 Å². The molecule has 4 heteroatoms. The molecule has 0 radical (unpaired) electrons. The second-order valence-corrected chi connectivity index (χ2v) is 2.05. The van der Waals surface area contributed by atoms with Gasteiger partial charge in [0.1, 0.15) is 18.1 Å². The zero-order chi connectivity index (χ0) is 8.10. The van der Waals surface area contributed by atoms with Crippen LogP contribution in [0.3, 0.4) is 0 Å². The summed E-state index contributed by atoms with van der Waals surface area (Å²) in [7, 11) is 1.54. The molecule has 1 aromatic rings. The molecule has 4 nitrogen and oxygen atoms in total. The molecule has 0 fully saturated rings. The Morgan fingerprint density at radius 3 is 2.82 bits per heavy atom. The molecule has 0 bridgehead atoms. The monoisotopic (exact) mass is 157 g/mol. The van der Waals surface area contributed by atoms with E-state index in [0.717, 1.165) is 5.76 Å². The predicted molar refractivity (Wildman–Crippen MR) is 38.5 cm³/mol. The topological polar surface area (TPSA) is 54.6 Å². The smallest absolute Gasteiger partial charge is 0.129 e. The molecule has 1 heterocycles. The van der Waals surface area contributed by atoms with E-state index < -0.39 is 0 Å². The molecule has 1 rings (SSSR count). The number of rotatable bonds is 4. The molecule has 0 amide bonds. The van der Waals surface area contributed by atoms with Crippen LogP contribution in [0.5, 0.6) is 0 Å². The largest absolute Gasteiger partial charge is 0.462 e. The van der Waals surface area contributed by atoms with Gasteiger partial charge in [-0.05, 0) is 12.1 Å². The summed E-state index contributed by atoms with van der Waals surface area (Å²) >= 11 is 0. The number of hydroxylamine groups is 1. The summed E-state index contributed by atoms with van der Waals surface area (Å²) in [6.07, 6.45) is 0. The van der Waals surface area contributed by atoms with Gasteiger partial charge in [-0.2, -0.15) is 5.48 Å². The van der Waals surface area contributed by atoms with E-state index >= 15 is 0 Å². The molecule has 62 valence electrons. The Morgan fingerprint density at radius 2 is 2.27 bits per heavy atom. The van der Waals surface area contributed by atoms with Crippen LogP contribution < -0.4 is 5.48 Å². The number of hydrogen-bond donors (Lipinski definition) is 2. The number of aliphatic hydroxyl groups excluding tert-OH is 1. The molecule has 0 aromatic carbocycles. The summed E-state index contributed by atoms with van der Waals surface area (Å²) in [5.74, 6) is 1.31. The van der Waals surface area contributed by atoms with Crippen LogP contribution in [0.15, 0.2) is 16.5 Å². The first kappa shape index (κ1) is 8.26. The standard InChI is InChI=1S/C7H11NO3/c1-10-8-4-6-2-3-7(5-9)11-6/h2-3,8-9H,4-5H2,1H3. The first-order valence-corrected chi connectivity index (χ1v) is 3.31. The van der Waals surface area contributed by atoms with Crippen molar-refractivity contribution in [3.05, 3.63) is 23.7 Å². The van der Waals surface area contributed by atoms with Crippen LogP contribution in [0.1, 0.15) is 11.5 Å². The second kappa shape index (κ2) is 4.12. The van der Waals surface area contributed by atoms with Crippen LogP contribution in [-0.4, -0.2) is 12.2 Å². The van der Waals surface area contributed by atoms with Crippen molar-refractivity contribution in [2.45, 2.75) is 13.2 Å². The quantitative estimate of drug-likeness (QED) is 0.622. The van der Waals surface area contributed by atoms with E-state index in [9.17, 15) is 0 Å². The van der Waals surface area contributed by atoms with E-state index in [-0.39, 0.29) is 6.61 Å². The van der Waals surface area contributed by atoms with Crippen molar-refractivity contribution in [1.29, 1.82) is 0 Å². The lowest BCUT2D eigenvalue weighted by molar-refractivity contribution is 0.0810. The fraction of sp³-hybridized carbons (Fsp3) is 0.429. The maximum absolute atomic E-state index is 8.63. The summed E-state index contributed by atoms with van der Waals surface area (Å²) in [6, 6.07) is 3.52. The fourth-order valence-corrected chi connectivity index (χ4v) is 0.746. The average molecular weight is 157 g/mol. The van der Waals surface area contributed by atoms with Gasteiger partial charge in [0.2, 0.25) is 0 Å². The highest BCUT2D eigenvalue weighted by molar-refractivity contribution is 5.05. The van der Waals surface area contributed by atoms with Gasteiger partial charge in [0.15, 0.2) is 0 Å². The number of nitrogens with one attached hydrogen (secondary N) is 1. The molecule has 11 heavy (non-hydrogen) atoms. The van der Waals surface area contributed by atoms with Gasteiger partial charge in [-0.25, -0.2) is 0 Å². The van der Waals surface area contributed by atoms with Gasteiger partial charge in [0.25, 0.3) is 0 Å². The van der Waals surface area contributed by atoms with E-state index in [1.165, 1.54) is 7.11 Å². The third kappa shape index (κ3) is 2.34. The lowest BCUT2D eigenvalue weighted by atomic mass is 10.4. The average Bonchev–Trinajstić information content (AvgIpc) is 2.48. The zero-order valence-electron chi connectivity index (χ0n) is 6.33. The molecule has 1 aromatic heterocycles. The Hall–Kier alpha value is -0.840. The highest BCUT2D eigenvalue weighted by Crippen LogP contribution is 2.06. The third-order valence-electron chi connectivity index (χ3n) is 1.26. The third-order valence-corrected chi connectivity index (χ3v) is 1.26. The predicted octanol–water partition coefficient (Wildman–Crippen LogP) is 0.423. The summed E-state index contributed by atoms with van der Waals surface area (Å²) < 4.78 is 5.14. The highest BCUT2D eigenvalue weighted by atomic mass is 16.6. The Labute approximate surface area is 64.7 Å². The van der Waals surface area contributed by atoms with E-state index in [0.29, 0.717) is 12.3 Å².